The molecule has 18 heavy (non-hydrogen) atoms. The second-order valence-corrected chi connectivity index (χ2v) is 8.54. The maximum Gasteiger partial charge on any atom is 0.500 e. The van der Waals surface area contributed by atoms with Gasteiger partial charge in [-0.1, -0.05) is 0 Å². The molecule has 0 saturated heterocycles. The van der Waals surface area contributed by atoms with E-state index >= 15 is 0 Å². The van der Waals surface area contributed by atoms with Gasteiger partial charge in [-0.15, -0.1) is 11.6 Å². The van der Waals surface area contributed by atoms with E-state index in [-0.39, 0.29) is 0 Å². The molecule has 0 saturated carbocycles. The van der Waals surface area contributed by atoms with E-state index < -0.39 is 18.3 Å². The minimum atomic E-state index is -2.32. The SMILES string of the molecule is CO[SiH](OC)OC.CO[Si](CCCCl)(OC)OC. The Balaban J connectivity index is 0. The fourth-order valence-electron chi connectivity index (χ4n) is 1.13. The molecule has 0 rings (SSSR count). The quantitative estimate of drug-likeness (QED) is 0.469. The van der Waals surface area contributed by atoms with Crippen LogP contribution in [0.3, 0.4) is 0 Å². The van der Waals surface area contributed by atoms with Gasteiger partial charge >= 0.3 is 18.3 Å². The molecule has 0 bridgehead atoms. The molecular formula is C9H25ClO6Si2. The molecule has 0 spiro atoms. The van der Waals surface area contributed by atoms with Gasteiger partial charge in [0.25, 0.3) is 0 Å². The maximum absolute atomic E-state index is 5.53. The van der Waals surface area contributed by atoms with E-state index in [1.807, 2.05) is 0 Å². The first kappa shape index (κ1) is 20.8. The predicted molar refractivity (Wildman–Crippen MR) is 75.1 cm³/mol. The van der Waals surface area contributed by atoms with Gasteiger partial charge in [-0.05, 0) is 6.42 Å². The maximum atomic E-state index is 5.53. The van der Waals surface area contributed by atoms with Gasteiger partial charge in [-0.25, -0.2) is 0 Å². The minimum Gasteiger partial charge on any atom is -0.379 e. The fourth-order valence-corrected chi connectivity index (χ4v) is 3.79. The van der Waals surface area contributed by atoms with E-state index in [0.717, 1.165) is 12.5 Å². The molecule has 0 atom stereocenters. The van der Waals surface area contributed by atoms with Crippen molar-refractivity contribution in [3.8, 4) is 0 Å². The third kappa shape index (κ3) is 9.42. The smallest absolute Gasteiger partial charge is 0.379 e. The Kier molecular flexibility index (Phi) is 16.1. The van der Waals surface area contributed by atoms with Crippen molar-refractivity contribution in [3.05, 3.63) is 0 Å². The van der Waals surface area contributed by atoms with Gasteiger partial charge in [0.2, 0.25) is 0 Å². The largest absolute Gasteiger partial charge is 0.500 e. The number of alkyl halides is 1. The van der Waals surface area contributed by atoms with Gasteiger partial charge < -0.3 is 26.6 Å². The summed E-state index contributed by atoms with van der Waals surface area (Å²) in [7, 11) is 5.54. The van der Waals surface area contributed by atoms with E-state index in [9.17, 15) is 0 Å². The first-order valence-corrected chi connectivity index (χ1v) is 9.27. The summed E-state index contributed by atoms with van der Waals surface area (Å²) in [6, 6.07) is 0.778. The van der Waals surface area contributed by atoms with Crippen molar-refractivity contribution >= 4 is 29.9 Å². The van der Waals surface area contributed by atoms with Crippen LogP contribution in [-0.2, 0) is 26.6 Å². The molecule has 0 aromatic carbocycles. The molecule has 0 fully saturated rings. The topological polar surface area (TPSA) is 55.4 Å². The molecule has 112 valence electrons. The molecule has 0 aliphatic rings. The lowest BCUT2D eigenvalue weighted by Gasteiger charge is -2.23. The van der Waals surface area contributed by atoms with Crippen molar-refractivity contribution in [2.45, 2.75) is 12.5 Å². The van der Waals surface area contributed by atoms with E-state index in [2.05, 4.69) is 0 Å². The number of hydrogen-bond donors (Lipinski definition) is 0. The zero-order valence-corrected chi connectivity index (χ0v) is 14.9. The average molecular weight is 321 g/mol. The summed E-state index contributed by atoms with van der Waals surface area (Å²) in [6.07, 6.45) is 0.864. The van der Waals surface area contributed by atoms with Gasteiger partial charge in [-0.2, -0.15) is 0 Å². The predicted octanol–water partition coefficient (Wildman–Crippen LogP) is 1.14. The van der Waals surface area contributed by atoms with Crippen molar-refractivity contribution in [2.24, 2.45) is 0 Å². The van der Waals surface area contributed by atoms with E-state index in [0.29, 0.717) is 5.88 Å². The van der Waals surface area contributed by atoms with Crippen LogP contribution in [0.15, 0.2) is 0 Å². The Morgan fingerprint density at radius 1 is 0.833 bits per heavy atom. The molecular weight excluding hydrogens is 296 g/mol. The van der Waals surface area contributed by atoms with Crippen LogP contribution in [0.2, 0.25) is 6.04 Å². The number of halogens is 1. The molecule has 0 aromatic rings. The Hall–Kier alpha value is 0.484. The van der Waals surface area contributed by atoms with Gasteiger partial charge in [0.05, 0.1) is 0 Å². The minimum absolute atomic E-state index is 0.616. The van der Waals surface area contributed by atoms with Crippen LogP contribution in [0.4, 0.5) is 0 Å². The summed E-state index contributed by atoms with van der Waals surface area (Å²) in [5.41, 5.74) is 0. The molecule has 9 heteroatoms. The molecule has 0 unspecified atom stereocenters. The lowest BCUT2D eigenvalue weighted by atomic mass is 10.6. The van der Waals surface area contributed by atoms with Crippen LogP contribution in [0.5, 0.6) is 0 Å². The van der Waals surface area contributed by atoms with E-state index in [4.69, 9.17) is 38.2 Å². The standard InChI is InChI=1S/C6H15ClO3Si.C3H10O3Si/c1-8-11(9-2,10-3)6-4-5-7;1-4-7(5-2)6-3/h4-6H2,1-3H3;7H,1-3H3. The zero-order valence-electron chi connectivity index (χ0n) is 12.0. The lowest BCUT2D eigenvalue weighted by Crippen LogP contribution is -2.42. The van der Waals surface area contributed by atoms with Crippen LogP contribution in [0, 0.1) is 0 Å². The zero-order chi connectivity index (χ0) is 14.4. The molecule has 6 nitrogen and oxygen atoms in total. The monoisotopic (exact) mass is 320 g/mol. The highest BCUT2D eigenvalue weighted by Crippen LogP contribution is 2.14. The molecule has 0 N–H and O–H groups in total. The molecule has 0 aliphatic carbocycles. The lowest BCUT2D eigenvalue weighted by molar-refractivity contribution is 0.123. The normalized spacial score (nSPS) is 11.3. The van der Waals surface area contributed by atoms with Crippen LogP contribution in [0.1, 0.15) is 6.42 Å². The third-order valence-electron chi connectivity index (χ3n) is 2.13. The van der Waals surface area contributed by atoms with Crippen molar-refractivity contribution < 1.29 is 26.6 Å². The van der Waals surface area contributed by atoms with Gasteiger partial charge in [0.15, 0.2) is 0 Å². The summed E-state index contributed by atoms with van der Waals surface area (Å²) < 4.78 is 29.8. The summed E-state index contributed by atoms with van der Waals surface area (Å²) in [5, 5.41) is 0. The van der Waals surface area contributed by atoms with Gasteiger partial charge in [-0.3, -0.25) is 0 Å². The highest BCUT2D eigenvalue weighted by molar-refractivity contribution is 6.60. The average Bonchev–Trinajstić information content (AvgIpc) is 2.44. The molecule has 0 aromatic heterocycles. The Bertz CT molecular complexity index is 155. The Labute approximate surface area is 118 Å². The van der Waals surface area contributed by atoms with Crippen molar-refractivity contribution in [1.29, 1.82) is 0 Å². The summed E-state index contributed by atoms with van der Waals surface area (Å²) in [6.45, 7) is 0. The molecule has 0 aliphatic heterocycles. The third-order valence-corrected chi connectivity index (χ3v) is 6.38. The number of rotatable bonds is 9. The van der Waals surface area contributed by atoms with Crippen molar-refractivity contribution in [3.63, 3.8) is 0 Å². The van der Waals surface area contributed by atoms with E-state index in [1.54, 1.807) is 42.7 Å². The highest BCUT2D eigenvalue weighted by Gasteiger charge is 2.36. The first-order valence-electron chi connectivity index (χ1n) is 5.39. The fraction of sp³-hybridized carbons (Fsp3) is 1.00. The second-order valence-electron chi connectivity index (χ2n) is 3.08. The summed E-state index contributed by atoms with van der Waals surface area (Å²) in [4.78, 5) is 0. The van der Waals surface area contributed by atoms with Crippen LogP contribution in [-0.4, -0.2) is 66.9 Å². The van der Waals surface area contributed by atoms with Gasteiger partial charge in [0.1, 0.15) is 0 Å². The van der Waals surface area contributed by atoms with Crippen LogP contribution >= 0.6 is 11.6 Å². The van der Waals surface area contributed by atoms with Crippen molar-refractivity contribution in [2.75, 3.05) is 48.5 Å². The van der Waals surface area contributed by atoms with Crippen LogP contribution in [0.25, 0.3) is 0 Å². The highest BCUT2D eigenvalue weighted by atomic mass is 35.5. The number of hydrogen-bond acceptors (Lipinski definition) is 6. The molecule has 0 heterocycles. The Morgan fingerprint density at radius 2 is 1.22 bits per heavy atom. The van der Waals surface area contributed by atoms with Gasteiger partial charge in [0, 0.05) is 54.6 Å². The van der Waals surface area contributed by atoms with Crippen molar-refractivity contribution in [1.82, 2.24) is 0 Å². The second kappa shape index (κ2) is 13.9. The van der Waals surface area contributed by atoms with E-state index in [1.165, 1.54) is 0 Å². The summed E-state index contributed by atoms with van der Waals surface area (Å²) >= 11 is 5.53. The van der Waals surface area contributed by atoms with Crippen LogP contribution < -0.4 is 0 Å². The Morgan fingerprint density at radius 3 is 1.39 bits per heavy atom. The first-order chi connectivity index (χ1) is 8.59. The summed E-state index contributed by atoms with van der Waals surface area (Å²) in [5.74, 6) is 0.616. The molecule has 0 radical (unpaired) electrons. The molecule has 0 amide bonds.